The van der Waals surface area contributed by atoms with E-state index in [0.717, 1.165) is 6.42 Å². The van der Waals surface area contributed by atoms with Crippen molar-refractivity contribution in [3.05, 3.63) is 0 Å². The van der Waals surface area contributed by atoms with Gasteiger partial charge in [0.15, 0.2) is 0 Å². The maximum absolute atomic E-state index is 11.2. The van der Waals surface area contributed by atoms with E-state index < -0.39 is 0 Å². The number of hydrogen-bond donors (Lipinski definition) is 0. The van der Waals surface area contributed by atoms with Crippen molar-refractivity contribution in [1.29, 1.82) is 0 Å². The Hall–Kier alpha value is 1.09. The van der Waals surface area contributed by atoms with Crippen molar-refractivity contribution in [3.63, 3.8) is 0 Å². The van der Waals surface area contributed by atoms with Gasteiger partial charge in [-0.05, 0) is 20.4 Å². The number of likely N-dealkylation sites (tertiary alicyclic amines) is 1. The number of Topliss-reactive ketones (excluding diaryl/α,β-unsaturated/α-hetero) is 1. The van der Waals surface area contributed by atoms with Gasteiger partial charge in [0, 0.05) is 3.92 Å². The Morgan fingerprint density at radius 1 is 1.55 bits per heavy atom. The van der Waals surface area contributed by atoms with E-state index in [9.17, 15) is 4.79 Å². The van der Waals surface area contributed by atoms with E-state index in [1.807, 2.05) is 7.05 Å². The second-order valence-electron chi connectivity index (χ2n) is 2.91. The number of nitrogens with zero attached hydrogens (tertiary/aromatic N) is 1. The maximum atomic E-state index is 11.2. The Bertz CT molecular complexity index is 174. The molecular formula is C7H11I2NO. The summed E-state index contributed by atoms with van der Waals surface area (Å²) in [4.78, 5) is 13.3. The highest BCUT2D eigenvalue weighted by molar-refractivity contribution is 14.1. The van der Waals surface area contributed by atoms with Crippen molar-refractivity contribution >= 4 is 51.0 Å². The molecular weight excluding hydrogens is 368 g/mol. The number of rotatable bonds is 1. The van der Waals surface area contributed by atoms with Gasteiger partial charge in [0.25, 0.3) is 0 Å². The van der Waals surface area contributed by atoms with Crippen molar-refractivity contribution in [2.24, 2.45) is 0 Å². The predicted molar refractivity (Wildman–Crippen MR) is 62.5 cm³/mol. The molecule has 1 saturated heterocycles. The van der Waals surface area contributed by atoms with Gasteiger partial charge in [-0.3, -0.25) is 9.69 Å². The molecule has 1 aliphatic rings. The minimum Gasteiger partial charge on any atom is -0.298 e. The van der Waals surface area contributed by atoms with Crippen LogP contribution in [-0.2, 0) is 4.79 Å². The summed E-state index contributed by atoms with van der Waals surface area (Å²) >= 11 is 4.76. The van der Waals surface area contributed by atoms with Crippen molar-refractivity contribution in [2.75, 3.05) is 7.05 Å². The second kappa shape index (κ2) is 3.87. The van der Waals surface area contributed by atoms with Crippen LogP contribution in [-0.4, -0.2) is 31.7 Å². The third-order valence-corrected chi connectivity index (χ3v) is 4.64. The van der Waals surface area contributed by atoms with Crippen LogP contribution < -0.4 is 0 Å². The summed E-state index contributed by atoms with van der Waals surface area (Å²) in [6.07, 6.45) is 1.13. The summed E-state index contributed by atoms with van der Waals surface area (Å²) in [6.45, 7) is 1.68. The van der Waals surface area contributed by atoms with E-state index >= 15 is 0 Å². The Labute approximate surface area is 94.4 Å². The van der Waals surface area contributed by atoms with Gasteiger partial charge in [-0.1, -0.05) is 45.2 Å². The summed E-state index contributed by atoms with van der Waals surface area (Å²) in [5.41, 5.74) is 0. The molecule has 0 bridgehead atoms. The Morgan fingerprint density at radius 2 is 2.09 bits per heavy atom. The number of hydrogen-bond acceptors (Lipinski definition) is 2. The molecule has 3 unspecified atom stereocenters. The molecule has 0 saturated carbocycles. The molecule has 64 valence electrons. The molecule has 0 aromatic heterocycles. The number of carbonyl (C=O) groups excluding carboxylic acids is 1. The molecule has 0 amide bonds. The van der Waals surface area contributed by atoms with E-state index in [-0.39, 0.29) is 6.04 Å². The van der Waals surface area contributed by atoms with Gasteiger partial charge in [-0.25, -0.2) is 0 Å². The molecule has 4 heteroatoms. The third-order valence-electron chi connectivity index (χ3n) is 2.06. The second-order valence-corrected chi connectivity index (χ2v) is 5.94. The lowest BCUT2D eigenvalue weighted by molar-refractivity contribution is -0.120. The van der Waals surface area contributed by atoms with E-state index in [2.05, 4.69) is 50.1 Å². The zero-order valence-corrected chi connectivity index (χ0v) is 10.9. The van der Waals surface area contributed by atoms with Crippen LogP contribution >= 0.6 is 45.2 Å². The van der Waals surface area contributed by atoms with Gasteiger partial charge in [-0.2, -0.15) is 0 Å². The smallest absolute Gasteiger partial charge is 0.147 e. The molecule has 0 radical (unpaired) electrons. The maximum Gasteiger partial charge on any atom is 0.147 e. The van der Waals surface area contributed by atoms with E-state index in [0.29, 0.717) is 13.8 Å². The lowest BCUT2D eigenvalue weighted by atomic mass is 10.1. The van der Waals surface area contributed by atoms with Crippen LogP contribution in [0.5, 0.6) is 0 Å². The van der Waals surface area contributed by atoms with Crippen LogP contribution in [0.1, 0.15) is 13.3 Å². The van der Waals surface area contributed by atoms with Gasteiger partial charge < -0.3 is 0 Å². The van der Waals surface area contributed by atoms with E-state index in [1.165, 1.54) is 0 Å². The summed E-state index contributed by atoms with van der Waals surface area (Å²) < 4.78 is 1.03. The Balaban J connectivity index is 2.71. The molecule has 1 fully saturated rings. The molecule has 1 aliphatic heterocycles. The normalized spacial score (nSPS) is 39.5. The highest BCUT2D eigenvalue weighted by atomic mass is 127. The lowest BCUT2D eigenvalue weighted by Gasteiger charge is -2.20. The van der Waals surface area contributed by atoms with Crippen molar-refractivity contribution in [3.8, 4) is 0 Å². The molecule has 0 aromatic carbocycles. The van der Waals surface area contributed by atoms with Crippen LogP contribution in [0.15, 0.2) is 0 Å². The first kappa shape index (κ1) is 10.2. The van der Waals surface area contributed by atoms with Crippen LogP contribution in [0.25, 0.3) is 0 Å². The standard InChI is InChI=1S/C7H11I2NO/c1-4(11)7-5(8)3-6(9)10(7)2/h5-7H,3H2,1-2H3. The summed E-state index contributed by atoms with van der Waals surface area (Å²) in [5.74, 6) is 0.297. The van der Waals surface area contributed by atoms with Gasteiger partial charge in [0.2, 0.25) is 0 Å². The fraction of sp³-hybridized carbons (Fsp3) is 0.857. The largest absolute Gasteiger partial charge is 0.298 e. The number of likely N-dealkylation sites (N-methyl/N-ethyl adjacent to an activating group) is 1. The van der Waals surface area contributed by atoms with Gasteiger partial charge in [0.05, 0.1) is 10.1 Å². The molecule has 2 nitrogen and oxygen atoms in total. The first-order chi connectivity index (χ1) is 5.04. The van der Waals surface area contributed by atoms with E-state index in [1.54, 1.807) is 6.92 Å². The molecule has 0 aliphatic carbocycles. The Kier molecular flexibility index (Phi) is 3.57. The average molecular weight is 379 g/mol. The quantitative estimate of drug-likeness (QED) is 0.394. The minimum atomic E-state index is 0.150. The fourth-order valence-corrected chi connectivity index (χ4v) is 4.81. The van der Waals surface area contributed by atoms with Crippen molar-refractivity contribution in [2.45, 2.75) is 27.4 Å². The first-order valence-corrected chi connectivity index (χ1v) is 6.03. The van der Waals surface area contributed by atoms with Crippen molar-refractivity contribution < 1.29 is 4.79 Å². The topological polar surface area (TPSA) is 20.3 Å². The molecule has 11 heavy (non-hydrogen) atoms. The Morgan fingerprint density at radius 3 is 2.27 bits per heavy atom. The molecule has 1 heterocycles. The average Bonchev–Trinajstić information content (AvgIpc) is 2.07. The lowest BCUT2D eigenvalue weighted by Crippen LogP contribution is -2.37. The number of ketones is 1. The summed E-state index contributed by atoms with van der Waals surface area (Å²) in [7, 11) is 2.03. The van der Waals surface area contributed by atoms with Gasteiger partial charge in [0.1, 0.15) is 5.78 Å². The van der Waals surface area contributed by atoms with E-state index in [4.69, 9.17) is 0 Å². The fourth-order valence-electron chi connectivity index (χ4n) is 1.45. The molecule has 0 spiro atoms. The van der Waals surface area contributed by atoms with Gasteiger partial charge in [-0.15, -0.1) is 0 Å². The zero-order valence-electron chi connectivity index (χ0n) is 6.55. The third kappa shape index (κ3) is 2.06. The summed E-state index contributed by atoms with van der Waals surface area (Å²) in [5, 5.41) is 0. The molecule has 1 rings (SSSR count). The van der Waals surface area contributed by atoms with Crippen molar-refractivity contribution in [1.82, 2.24) is 4.90 Å². The minimum absolute atomic E-state index is 0.150. The first-order valence-electron chi connectivity index (χ1n) is 3.54. The van der Waals surface area contributed by atoms with Crippen LogP contribution in [0, 0.1) is 0 Å². The van der Waals surface area contributed by atoms with Gasteiger partial charge >= 0.3 is 0 Å². The number of alkyl halides is 2. The van der Waals surface area contributed by atoms with Crippen LogP contribution in [0.2, 0.25) is 0 Å². The monoisotopic (exact) mass is 379 g/mol. The zero-order chi connectivity index (χ0) is 8.59. The molecule has 0 N–H and O–H groups in total. The highest BCUT2D eigenvalue weighted by Gasteiger charge is 2.38. The SMILES string of the molecule is CC(=O)C1C(I)CC(I)N1C. The van der Waals surface area contributed by atoms with Crippen LogP contribution in [0.4, 0.5) is 0 Å². The predicted octanol–water partition coefficient (Wildman–Crippen LogP) is 1.84. The molecule has 0 aromatic rings. The van der Waals surface area contributed by atoms with Crippen LogP contribution in [0.3, 0.4) is 0 Å². The number of halogens is 2. The number of carbonyl (C=O) groups is 1. The highest BCUT2D eigenvalue weighted by Crippen LogP contribution is 2.32. The molecule has 3 atom stereocenters. The summed E-state index contributed by atoms with van der Waals surface area (Å²) in [6, 6.07) is 0.150.